The summed E-state index contributed by atoms with van der Waals surface area (Å²) in [5.41, 5.74) is 5.61. The monoisotopic (exact) mass is 189 g/mol. The molecular weight excluding hydrogens is 170 g/mol. The van der Waals surface area contributed by atoms with Gasteiger partial charge in [0.2, 0.25) is 0 Å². The van der Waals surface area contributed by atoms with Crippen LogP contribution in [0, 0.1) is 0 Å². The first-order chi connectivity index (χ1) is 6.11. The predicted molar refractivity (Wildman–Crippen MR) is 50.1 cm³/mol. The Balaban J connectivity index is 3.71. The van der Waals surface area contributed by atoms with Gasteiger partial charge in [-0.05, 0) is 13.3 Å². The van der Waals surface area contributed by atoms with Crippen molar-refractivity contribution in [3.63, 3.8) is 0 Å². The Morgan fingerprint density at radius 3 is 2.62 bits per heavy atom. The number of aliphatic hydroxyl groups is 1. The highest BCUT2D eigenvalue weighted by Gasteiger charge is 2.17. The van der Waals surface area contributed by atoms with Gasteiger partial charge in [0.05, 0.1) is 19.1 Å². The zero-order valence-corrected chi connectivity index (χ0v) is 8.32. The number of aliphatic hydroxyl groups excluding tert-OH is 1. The lowest BCUT2D eigenvalue weighted by Crippen LogP contribution is -2.36. The molecule has 0 saturated carbocycles. The summed E-state index contributed by atoms with van der Waals surface area (Å²) in [7, 11) is 0. The topological polar surface area (TPSA) is 72.5 Å². The third-order valence-electron chi connectivity index (χ3n) is 1.80. The molecule has 0 aromatic carbocycles. The van der Waals surface area contributed by atoms with Gasteiger partial charge in [0.25, 0.3) is 0 Å². The molecule has 0 heterocycles. The molecule has 2 atom stereocenters. The molecule has 0 saturated heterocycles. The standard InChI is InChI=1S/C9H19NO3/c1-3-5-7(10)8(11)6-9(12)13-4-2/h7-8,11H,3-6,10H2,1-2H3. The SMILES string of the molecule is CCCC(N)C(O)CC(=O)OCC. The second-order valence-corrected chi connectivity index (χ2v) is 3.03. The maximum Gasteiger partial charge on any atom is 0.308 e. The van der Waals surface area contributed by atoms with Crippen molar-refractivity contribution in [2.75, 3.05) is 6.61 Å². The summed E-state index contributed by atoms with van der Waals surface area (Å²) in [5, 5.41) is 9.42. The van der Waals surface area contributed by atoms with Crippen molar-refractivity contribution in [3.8, 4) is 0 Å². The van der Waals surface area contributed by atoms with Crippen LogP contribution in [-0.2, 0) is 9.53 Å². The lowest BCUT2D eigenvalue weighted by Gasteiger charge is -2.16. The highest BCUT2D eigenvalue weighted by atomic mass is 16.5. The second-order valence-electron chi connectivity index (χ2n) is 3.03. The van der Waals surface area contributed by atoms with Gasteiger partial charge >= 0.3 is 5.97 Å². The summed E-state index contributed by atoms with van der Waals surface area (Å²) in [6.45, 7) is 4.06. The number of carbonyl (C=O) groups excluding carboxylic acids is 1. The highest BCUT2D eigenvalue weighted by molar-refractivity contribution is 5.69. The van der Waals surface area contributed by atoms with Crippen molar-refractivity contribution in [1.29, 1.82) is 0 Å². The fraction of sp³-hybridized carbons (Fsp3) is 0.889. The maximum atomic E-state index is 10.9. The maximum absolute atomic E-state index is 10.9. The number of ether oxygens (including phenoxy) is 1. The summed E-state index contributed by atoms with van der Waals surface area (Å²) in [4.78, 5) is 10.9. The van der Waals surface area contributed by atoms with E-state index in [0.29, 0.717) is 6.61 Å². The van der Waals surface area contributed by atoms with E-state index in [2.05, 4.69) is 4.74 Å². The molecule has 4 heteroatoms. The highest BCUT2D eigenvalue weighted by Crippen LogP contribution is 2.04. The number of carbonyl (C=O) groups is 1. The second kappa shape index (κ2) is 6.86. The molecule has 13 heavy (non-hydrogen) atoms. The van der Waals surface area contributed by atoms with Crippen LogP contribution in [0.15, 0.2) is 0 Å². The third-order valence-corrected chi connectivity index (χ3v) is 1.80. The van der Waals surface area contributed by atoms with E-state index < -0.39 is 6.10 Å². The first kappa shape index (κ1) is 12.4. The van der Waals surface area contributed by atoms with E-state index in [-0.39, 0.29) is 18.4 Å². The number of nitrogens with two attached hydrogens (primary N) is 1. The smallest absolute Gasteiger partial charge is 0.308 e. The van der Waals surface area contributed by atoms with Crippen LogP contribution >= 0.6 is 0 Å². The van der Waals surface area contributed by atoms with Crippen molar-refractivity contribution in [1.82, 2.24) is 0 Å². The van der Waals surface area contributed by atoms with Gasteiger partial charge in [0.1, 0.15) is 0 Å². The van der Waals surface area contributed by atoms with E-state index in [1.54, 1.807) is 6.92 Å². The Kier molecular flexibility index (Phi) is 6.54. The van der Waals surface area contributed by atoms with Crippen LogP contribution in [0.25, 0.3) is 0 Å². The molecule has 0 spiro atoms. The zero-order valence-electron chi connectivity index (χ0n) is 8.32. The summed E-state index contributed by atoms with van der Waals surface area (Å²) < 4.78 is 4.69. The average Bonchev–Trinajstić information content (AvgIpc) is 2.05. The number of esters is 1. The van der Waals surface area contributed by atoms with Crippen LogP contribution in [0.5, 0.6) is 0 Å². The van der Waals surface area contributed by atoms with Crippen molar-refractivity contribution in [2.24, 2.45) is 5.73 Å². The molecule has 0 fully saturated rings. The zero-order chi connectivity index (χ0) is 10.3. The minimum absolute atomic E-state index is 0.00495. The van der Waals surface area contributed by atoms with Crippen molar-refractivity contribution in [2.45, 2.75) is 45.3 Å². The van der Waals surface area contributed by atoms with E-state index >= 15 is 0 Å². The molecule has 0 bridgehead atoms. The molecule has 2 unspecified atom stereocenters. The molecule has 0 aliphatic carbocycles. The van der Waals surface area contributed by atoms with Crippen molar-refractivity contribution >= 4 is 5.97 Å². The Morgan fingerprint density at radius 2 is 2.15 bits per heavy atom. The van der Waals surface area contributed by atoms with Gasteiger partial charge in [-0.2, -0.15) is 0 Å². The molecule has 0 amide bonds. The minimum Gasteiger partial charge on any atom is -0.466 e. The summed E-state index contributed by atoms with van der Waals surface area (Å²) in [5.74, 6) is -0.387. The molecule has 0 aliphatic rings. The molecule has 3 N–H and O–H groups in total. The van der Waals surface area contributed by atoms with Gasteiger partial charge in [-0.1, -0.05) is 13.3 Å². The van der Waals surface area contributed by atoms with Crippen LogP contribution in [0.2, 0.25) is 0 Å². The lowest BCUT2D eigenvalue weighted by atomic mass is 10.0. The fourth-order valence-corrected chi connectivity index (χ4v) is 1.07. The van der Waals surface area contributed by atoms with E-state index in [4.69, 9.17) is 5.73 Å². The number of hydrogen-bond acceptors (Lipinski definition) is 4. The van der Waals surface area contributed by atoms with E-state index in [1.807, 2.05) is 6.92 Å². The summed E-state index contributed by atoms with van der Waals surface area (Å²) in [6.07, 6.45) is 0.843. The molecule has 0 rings (SSSR count). The first-order valence-corrected chi connectivity index (χ1v) is 4.71. The van der Waals surface area contributed by atoms with Gasteiger partial charge in [-0.3, -0.25) is 4.79 Å². The predicted octanol–water partition coefficient (Wildman–Crippen LogP) is 0.428. The minimum atomic E-state index is -0.779. The van der Waals surface area contributed by atoms with Crippen molar-refractivity contribution < 1.29 is 14.6 Å². The van der Waals surface area contributed by atoms with E-state index in [9.17, 15) is 9.90 Å². The Hall–Kier alpha value is -0.610. The molecule has 0 aromatic rings. The molecule has 0 aliphatic heterocycles. The van der Waals surface area contributed by atoms with Gasteiger partial charge in [-0.25, -0.2) is 0 Å². The van der Waals surface area contributed by atoms with Gasteiger partial charge in [0, 0.05) is 6.04 Å². The number of rotatable bonds is 6. The Labute approximate surface area is 79.1 Å². The quantitative estimate of drug-likeness (QED) is 0.594. The molecule has 0 aromatic heterocycles. The summed E-state index contributed by atoms with van der Waals surface area (Å²) >= 11 is 0. The van der Waals surface area contributed by atoms with Gasteiger partial charge in [0.15, 0.2) is 0 Å². The molecule has 78 valence electrons. The lowest BCUT2D eigenvalue weighted by molar-refractivity contribution is -0.145. The van der Waals surface area contributed by atoms with Gasteiger partial charge in [-0.15, -0.1) is 0 Å². The van der Waals surface area contributed by atoms with Crippen LogP contribution in [0.3, 0.4) is 0 Å². The Morgan fingerprint density at radius 1 is 1.54 bits per heavy atom. The molecule has 0 radical (unpaired) electrons. The molecule has 4 nitrogen and oxygen atoms in total. The van der Waals surface area contributed by atoms with Crippen LogP contribution in [0.4, 0.5) is 0 Å². The number of hydrogen-bond donors (Lipinski definition) is 2. The van der Waals surface area contributed by atoms with E-state index in [1.165, 1.54) is 0 Å². The average molecular weight is 189 g/mol. The normalized spacial score (nSPS) is 15.1. The van der Waals surface area contributed by atoms with Crippen LogP contribution in [-0.4, -0.2) is 29.8 Å². The fourth-order valence-electron chi connectivity index (χ4n) is 1.07. The molecular formula is C9H19NO3. The first-order valence-electron chi connectivity index (χ1n) is 4.71. The largest absolute Gasteiger partial charge is 0.466 e. The van der Waals surface area contributed by atoms with Crippen molar-refractivity contribution in [3.05, 3.63) is 0 Å². The Bertz CT molecular complexity index is 150. The van der Waals surface area contributed by atoms with Gasteiger partial charge < -0.3 is 15.6 Å². The van der Waals surface area contributed by atoms with E-state index in [0.717, 1.165) is 12.8 Å². The third kappa shape index (κ3) is 5.60. The van der Waals surface area contributed by atoms with Crippen LogP contribution in [0.1, 0.15) is 33.1 Å². The van der Waals surface area contributed by atoms with Crippen LogP contribution < -0.4 is 5.73 Å². The summed E-state index contributed by atoms with van der Waals surface area (Å²) in [6, 6.07) is -0.325.